The summed E-state index contributed by atoms with van der Waals surface area (Å²) in [4.78, 5) is 30.5. The Morgan fingerprint density at radius 1 is 1.09 bits per heavy atom. The second kappa shape index (κ2) is 9.18. The molecule has 1 aliphatic heterocycles. The minimum Gasteiger partial charge on any atom is -0.363 e. The highest BCUT2D eigenvalue weighted by atomic mass is 19.1. The van der Waals surface area contributed by atoms with Gasteiger partial charge in [0.25, 0.3) is 5.91 Å². The number of nitrogens with zero attached hydrogens (tertiary/aromatic N) is 2. The van der Waals surface area contributed by atoms with Crippen LogP contribution in [0.3, 0.4) is 0 Å². The van der Waals surface area contributed by atoms with E-state index in [1.54, 1.807) is 23.1 Å². The van der Waals surface area contributed by atoms with E-state index in [9.17, 15) is 14.0 Å². The Hall–Kier alpha value is -3.74. The van der Waals surface area contributed by atoms with Crippen molar-refractivity contribution < 1.29 is 14.0 Å². The SMILES string of the molecule is CC(=O)N1CCC(Nc2ccc(C(=O)Nc3ccc(C)cc3)cn2)c2ccc(F)cc2C1. The fourth-order valence-electron chi connectivity index (χ4n) is 3.83. The number of hydrogen-bond donors (Lipinski definition) is 2. The lowest BCUT2D eigenvalue weighted by atomic mass is 9.99. The minimum absolute atomic E-state index is 0.0390. The van der Waals surface area contributed by atoms with Crippen molar-refractivity contribution in [2.75, 3.05) is 17.2 Å². The summed E-state index contributed by atoms with van der Waals surface area (Å²) >= 11 is 0. The summed E-state index contributed by atoms with van der Waals surface area (Å²) in [5, 5.41) is 6.23. The van der Waals surface area contributed by atoms with Gasteiger partial charge in [0.05, 0.1) is 11.6 Å². The molecule has 1 aromatic heterocycles. The Kier molecular flexibility index (Phi) is 6.16. The molecule has 0 bridgehead atoms. The Morgan fingerprint density at radius 2 is 1.88 bits per heavy atom. The zero-order valence-corrected chi connectivity index (χ0v) is 18.1. The van der Waals surface area contributed by atoms with Crippen LogP contribution in [-0.4, -0.2) is 28.2 Å². The van der Waals surface area contributed by atoms with Gasteiger partial charge < -0.3 is 15.5 Å². The number of nitrogens with one attached hydrogen (secondary N) is 2. The van der Waals surface area contributed by atoms with Crippen molar-refractivity contribution in [2.24, 2.45) is 0 Å². The van der Waals surface area contributed by atoms with Crippen molar-refractivity contribution >= 4 is 23.3 Å². The third kappa shape index (κ3) is 4.94. The van der Waals surface area contributed by atoms with Gasteiger partial charge in [-0.2, -0.15) is 0 Å². The maximum Gasteiger partial charge on any atom is 0.257 e. The first-order valence-electron chi connectivity index (χ1n) is 10.5. The number of aromatic nitrogens is 1. The summed E-state index contributed by atoms with van der Waals surface area (Å²) in [5.74, 6) is 0.00613. The molecule has 2 amide bonds. The lowest BCUT2D eigenvalue weighted by Gasteiger charge is -2.20. The molecule has 7 heteroatoms. The topological polar surface area (TPSA) is 74.3 Å². The highest BCUT2D eigenvalue weighted by Gasteiger charge is 2.24. The highest BCUT2D eigenvalue weighted by molar-refractivity contribution is 6.04. The van der Waals surface area contributed by atoms with Crippen molar-refractivity contribution in [1.82, 2.24) is 9.88 Å². The normalized spacial score (nSPS) is 15.5. The predicted molar refractivity (Wildman–Crippen MR) is 122 cm³/mol. The van der Waals surface area contributed by atoms with Gasteiger partial charge in [-0.25, -0.2) is 9.37 Å². The summed E-state index contributed by atoms with van der Waals surface area (Å²) in [6.45, 7) is 4.45. The van der Waals surface area contributed by atoms with Gasteiger partial charge in [0.2, 0.25) is 5.91 Å². The van der Waals surface area contributed by atoms with Crippen LogP contribution >= 0.6 is 0 Å². The van der Waals surface area contributed by atoms with Crippen molar-refractivity contribution in [3.63, 3.8) is 0 Å². The van der Waals surface area contributed by atoms with Crippen LogP contribution in [0.2, 0.25) is 0 Å². The number of fused-ring (bicyclic) bond motifs is 1. The number of pyridine rings is 1. The maximum atomic E-state index is 13.8. The van der Waals surface area contributed by atoms with Gasteiger partial charge >= 0.3 is 0 Å². The molecule has 0 saturated heterocycles. The van der Waals surface area contributed by atoms with E-state index in [-0.39, 0.29) is 23.7 Å². The molecule has 2 aromatic carbocycles. The Labute approximate surface area is 186 Å². The fourth-order valence-corrected chi connectivity index (χ4v) is 3.83. The van der Waals surface area contributed by atoms with Crippen LogP contribution < -0.4 is 10.6 Å². The smallest absolute Gasteiger partial charge is 0.257 e. The van der Waals surface area contributed by atoms with E-state index >= 15 is 0 Å². The first-order chi connectivity index (χ1) is 15.4. The quantitative estimate of drug-likeness (QED) is 0.627. The van der Waals surface area contributed by atoms with E-state index in [0.717, 1.165) is 22.4 Å². The van der Waals surface area contributed by atoms with Crippen LogP contribution in [0.25, 0.3) is 0 Å². The average molecular weight is 432 g/mol. The second-order valence-electron chi connectivity index (χ2n) is 8.02. The average Bonchev–Trinajstić information content (AvgIpc) is 2.95. The third-order valence-electron chi connectivity index (χ3n) is 5.63. The number of rotatable bonds is 4. The van der Waals surface area contributed by atoms with Gasteiger partial charge in [-0.3, -0.25) is 9.59 Å². The number of carbonyl (C=O) groups is 2. The number of anilines is 2. The molecule has 0 radical (unpaired) electrons. The zero-order valence-electron chi connectivity index (χ0n) is 18.1. The van der Waals surface area contributed by atoms with Crippen LogP contribution in [0.5, 0.6) is 0 Å². The molecule has 0 aliphatic carbocycles. The van der Waals surface area contributed by atoms with E-state index < -0.39 is 0 Å². The standard InChI is InChI=1S/C25H25FN4O2/c1-16-3-7-21(8-4-16)28-25(32)18-5-10-24(27-14-18)29-23-11-12-30(17(2)31)15-19-13-20(26)6-9-22(19)23/h3-10,13-14,23H,11-12,15H2,1-2H3,(H,27,29)(H,28,32). The first kappa shape index (κ1) is 21.5. The summed E-state index contributed by atoms with van der Waals surface area (Å²) < 4.78 is 13.8. The highest BCUT2D eigenvalue weighted by Crippen LogP contribution is 2.30. The van der Waals surface area contributed by atoms with Gasteiger partial charge in [-0.05, 0) is 60.9 Å². The van der Waals surface area contributed by atoms with Gasteiger partial charge in [-0.1, -0.05) is 23.8 Å². The monoisotopic (exact) mass is 432 g/mol. The summed E-state index contributed by atoms with van der Waals surface area (Å²) in [6, 6.07) is 15.6. The van der Waals surface area contributed by atoms with Crippen molar-refractivity contribution in [1.29, 1.82) is 0 Å². The number of halogens is 1. The fraction of sp³-hybridized carbons (Fsp3) is 0.240. The molecular weight excluding hydrogens is 407 g/mol. The molecule has 4 rings (SSSR count). The van der Waals surface area contributed by atoms with Gasteiger partial charge in [0.15, 0.2) is 0 Å². The van der Waals surface area contributed by atoms with E-state index in [1.807, 2.05) is 31.2 Å². The minimum atomic E-state index is -0.324. The molecule has 3 aromatic rings. The number of amides is 2. The second-order valence-corrected chi connectivity index (χ2v) is 8.02. The van der Waals surface area contributed by atoms with Gasteiger partial charge in [0, 0.05) is 31.9 Å². The molecule has 32 heavy (non-hydrogen) atoms. The summed E-state index contributed by atoms with van der Waals surface area (Å²) in [7, 11) is 0. The van der Waals surface area contributed by atoms with Crippen LogP contribution in [0.4, 0.5) is 15.9 Å². The zero-order chi connectivity index (χ0) is 22.7. The van der Waals surface area contributed by atoms with E-state index in [0.29, 0.717) is 30.9 Å². The number of hydrogen-bond acceptors (Lipinski definition) is 4. The van der Waals surface area contributed by atoms with Crippen LogP contribution in [0.1, 0.15) is 46.4 Å². The van der Waals surface area contributed by atoms with Gasteiger partial charge in [0.1, 0.15) is 11.6 Å². The lowest BCUT2D eigenvalue weighted by Crippen LogP contribution is -2.28. The number of aryl methyl sites for hydroxylation is 1. The van der Waals surface area contributed by atoms with Gasteiger partial charge in [-0.15, -0.1) is 0 Å². The largest absolute Gasteiger partial charge is 0.363 e. The summed E-state index contributed by atoms with van der Waals surface area (Å²) in [6.07, 6.45) is 2.19. The Morgan fingerprint density at radius 3 is 2.56 bits per heavy atom. The van der Waals surface area contributed by atoms with Crippen LogP contribution in [-0.2, 0) is 11.3 Å². The molecule has 2 N–H and O–H groups in total. The third-order valence-corrected chi connectivity index (χ3v) is 5.63. The molecular formula is C25H25FN4O2. The van der Waals surface area contributed by atoms with E-state index in [1.165, 1.54) is 25.3 Å². The van der Waals surface area contributed by atoms with Crippen LogP contribution in [0.15, 0.2) is 60.8 Å². The van der Waals surface area contributed by atoms with Crippen molar-refractivity contribution in [3.05, 3.63) is 88.9 Å². The lowest BCUT2D eigenvalue weighted by molar-refractivity contribution is -0.129. The number of carbonyl (C=O) groups excluding carboxylic acids is 2. The van der Waals surface area contributed by atoms with Crippen LogP contribution in [0, 0.1) is 12.7 Å². The van der Waals surface area contributed by atoms with Crippen molar-refractivity contribution in [3.8, 4) is 0 Å². The molecule has 6 nitrogen and oxygen atoms in total. The molecule has 1 atom stereocenters. The Bertz CT molecular complexity index is 1130. The van der Waals surface area contributed by atoms with E-state index in [2.05, 4.69) is 15.6 Å². The molecule has 1 unspecified atom stereocenters. The predicted octanol–water partition coefficient (Wildman–Crippen LogP) is 4.69. The summed E-state index contributed by atoms with van der Waals surface area (Å²) in [5.41, 5.74) is 4.01. The molecule has 0 saturated carbocycles. The van der Waals surface area contributed by atoms with E-state index in [4.69, 9.17) is 0 Å². The van der Waals surface area contributed by atoms with Crippen molar-refractivity contribution in [2.45, 2.75) is 32.9 Å². The molecule has 164 valence electrons. The molecule has 1 aliphatic rings. The molecule has 0 fully saturated rings. The molecule has 2 heterocycles. The molecule has 0 spiro atoms. The Balaban J connectivity index is 1.48. The first-order valence-corrected chi connectivity index (χ1v) is 10.5. The number of benzene rings is 2. The maximum absolute atomic E-state index is 13.8.